The van der Waals surface area contributed by atoms with Crippen LogP contribution in [0.1, 0.15) is 24.3 Å². The standard InChI is InChI=1S/C9H8FNO/c10-7-3-6(4-11-5-7)8-1-2-9(8)12/h3-5,8H,1-2H2. The fourth-order valence-electron chi connectivity index (χ4n) is 1.38. The number of hydrogen-bond donors (Lipinski definition) is 0. The fourth-order valence-corrected chi connectivity index (χ4v) is 1.38. The zero-order valence-electron chi connectivity index (χ0n) is 6.46. The molecule has 1 unspecified atom stereocenters. The lowest BCUT2D eigenvalue weighted by Crippen LogP contribution is -2.23. The van der Waals surface area contributed by atoms with Gasteiger partial charge in [0, 0.05) is 18.5 Å². The summed E-state index contributed by atoms with van der Waals surface area (Å²) in [6.45, 7) is 0. The van der Waals surface area contributed by atoms with E-state index in [-0.39, 0.29) is 17.5 Å². The van der Waals surface area contributed by atoms with Gasteiger partial charge in [-0.15, -0.1) is 0 Å². The SMILES string of the molecule is O=C1CCC1c1cncc(F)c1. The zero-order chi connectivity index (χ0) is 8.55. The van der Waals surface area contributed by atoms with Gasteiger partial charge in [-0.3, -0.25) is 9.78 Å². The average molecular weight is 165 g/mol. The Balaban J connectivity index is 2.28. The summed E-state index contributed by atoms with van der Waals surface area (Å²) in [6.07, 6.45) is 4.17. The molecule has 2 rings (SSSR count). The van der Waals surface area contributed by atoms with Crippen LogP contribution in [0.25, 0.3) is 0 Å². The van der Waals surface area contributed by atoms with Crippen LogP contribution in [0.3, 0.4) is 0 Å². The van der Waals surface area contributed by atoms with Crippen molar-refractivity contribution in [1.29, 1.82) is 0 Å². The van der Waals surface area contributed by atoms with Crippen molar-refractivity contribution in [2.45, 2.75) is 18.8 Å². The summed E-state index contributed by atoms with van der Waals surface area (Å²) < 4.78 is 12.6. The lowest BCUT2D eigenvalue weighted by molar-refractivity contribution is -0.125. The number of hydrogen-bond acceptors (Lipinski definition) is 2. The molecular formula is C9H8FNO. The first-order chi connectivity index (χ1) is 5.77. The van der Waals surface area contributed by atoms with E-state index < -0.39 is 0 Å². The van der Waals surface area contributed by atoms with E-state index in [1.54, 1.807) is 6.20 Å². The molecule has 1 aromatic rings. The molecule has 0 aromatic carbocycles. The number of carbonyl (C=O) groups is 1. The van der Waals surface area contributed by atoms with Gasteiger partial charge < -0.3 is 0 Å². The molecule has 0 radical (unpaired) electrons. The van der Waals surface area contributed by atoms with Gasteiger partial charge >= 0.3 is 0 Å². The van der Waals surface area contributed by atoms with Crippen molar-refractivity contribution in [1.82, 2.24) is 4.98 Å². The Hall–Kier alpha value is -1.25. The van der Waals surface area contributed by atoms with Crippen molar-refractivity contribution >= 4 is 5.78 Å². The third-order valence-electron chi connectivity index (χ3n) is 2.20. The Labute approximate surface area is 69.4 Å². The maximum atomic E-state index is 12.6. The number of Topliss-reactive ketones (excluding diaryl/α,β-unsaturated/α-hetero) is 1. The highest BCUT2D eigenvalue weighted by Crippen LogP contribution is 2.32. The largest absolute Gasteiger partial charge is 0.299 e. The van der Waals surface area contributed by atoms with E-state index in [0.717, 1.165) is 12.6 Å². The monoisotopic (exact) mass is 165 g/mol. The van der Waals surface area contributed by atoms with Gasteiger partial charge in [0.25, 0.3) is 0 Å². The highest BCUT2D eigenvalue weighted by molar-refractivity contribution is 5.91. The molecule has 0 amide bonds. The topological polar surface area (TPSA) is 30.0 Å². The molecule has 0 aliphatic heterocycles. The van der Waals surface area contributed by atoms with E-state index in [1.807, 2.05) is 0 Å². The zero-order valence-corrected chi connectivity index (χ0v) is 6.46. The van der Waals surface area contributed by atoms with E-state index in [1.165, 1.54) is 6.07 Å². The molecule has 0 N–H and O–H groups in total. The molecule has 2 nitrogen and oxygen atoms in total. The number of nitrogens with zero attached hydrogens (tertiary/aromatic N) is 1. The number of halogens is 1. The van der Waals surface area contributed by atoms with Gasteiger partial charge in [0.15, 0.2) is 0 Å². The van der Waals surface area contributed by atoms with Crippen LogP contribution in [-0.2, 0) is 4.79 Å². The third kappa shape index (κ3) is 1.11. The molecule has 1 fully saturated rings. The summed E-state index contributed by atoms with van der Waals surface area (Å²) in [5.41, 5.74) is 0.714. The van der Waals surface area contributed by atoms with Crippen LogP contribution >= 0.6 is 0 Å². The smallest absolute Gasteiger partial charge is 0.141 e. The van der Waals surface area contributed by atoms with E-state index in [0.29, 0.717) is 12.0 Å². The summed E-state index contributed by atoms with van der Waals surface area (Å²) >= 11 is 0. The minimum Gasteiger partial charge on any atom is -0.299 e. The second-order valence-corrected chi connectivity index (χ2v) is 2.99. The molecule has 1 saturated carbocycles. The fraction of sp³-hybridized carbons (Fsp3) is 0.333. The molecule has 3 heteroatoms. The Morgan fingerprint density at radius 2 is 2.33 bits per heavy atom. The summed E-state index contributed by atoms with van der Waals surface area (Å²) in [5.74, 6) is -0.261. The van der Waals surface area contributed by atoms with Crippen molar-refractivity contribution in [3.63, 3.8) is 0 Å². The van der Waals surface area contributed by atoms with Gasteiger partial charge in [0.05, 0.1) is 6.20 Å². The Kier molecular flexibility index (Phi) is 1.64. The second kappa shape index (κ2) is 2.66. The van der Waals surface area contributed by atoms with Crippen LogP contribution in [0.4, 0.5) is 4.39 Å². The molecule has 62 valence electrons. The minimum atomic E-state index is -0.368. The number of rotatable bonds is 1. The molecule has 1 aromatic heterocycles. The van der Waals surface area contributed by atoms with Crippen LogP contribution in [0.2, 0.25) is 0 Å². The normalized spacial score (nSPS) is 22.1. The highest BCUT2D eigenvalue weighted by atomic mass is 19.1. The Morgan fingerprint density at radius 1 is 1.50 bits per heavy atom. The number of aromatic nitrogens is 1. The number of ketones is 1. The predicted molar refractivity (Wildman–Crippen MR) is 41.2 cm³/mol. The summed E-state index contributed by atoms with van der Waals surface area (Å²) in [6, 6.07) is 1.38. The number of carbonyl (C=O) groups excluding carboxylic acids is 1. The van der Waals surface area contributed by atoms with E-state index in [9.17, 15) is 9.18 Å². The summed E-state index contributed by atoms with van der Waals surface area (Å²) in [5, 5.41) is 0. The van der Waals surface area contributed by atoms with Crippen molar-refractivity contribution < 1.29 is 9.18 Å². The lowest BCUT2D eigenvalue weighted by Gasteiger charge is -2.23. The molecule has 1 atom stereocenters. The molecule has 1 aliphatic rings. The van der Waals surface area contributed by atoms with Crippen LogP contribution in [0.15, 0.2) is 18.5 Å². The van der Waals surface area contributed by atoms with E-state index in [2.05, 4.69) is 4.98 Å². The second-order valence-electron chi connectivity index (χ2n) is 2.99. The van der Waals surface area contributed by atoms with Crippen molar-refractivity contribution in [3.8, 4) is 0 Å². The van der Waals surface area contributed by atoms with Crippen molar-refractivity contribution in [2.75, 3.05) is 0 Å². The van der Waals surface area contributed by atoms with Gasteiger partial charge in [0.1, 0.15) is 11.6 Å². The first kappa shape index (κ1) is 7.40. The molecule has 1 aliphatic carbocycles. The summed E-state index contributed by atoms with van der Waals surface area (Å²) in [7, 11) is 0. The van der Waals surface area contributed by atoms with Gasteiger partial charge in [0.2, 0.25) is 0 Å². The first-order valence-corrected chi connectivity index (χ1v) is 3.90. The van der Waals surface area contributed by atoms with Gasteiger partial charge in [-0.2, -0.15) is 0 Å². The maximum absolute atomic E-state index is 12.6. The molecule has 12 heavy (non-hydrogen) atoms. The van der Waals surface area contributed by atoms with E-state index in [4.69, 9.17) is 0 Å². The molecule has 1 heterocycles. The number of pyridine rings is 1. The van der Waals surface area contributed by atoms with Crippen molar-refractivity contribution in [3.05, 3.63) is 29.8 Å². The van der Waals surface area contributed by atoms with Crippen molar-refractivity contribution in [2.24, 2.45) is 0 Å². The Morgan fingerprint density at radius 3 is 2.83 bits per heavy atom. The minimum absolute atomic E-state index is 0.0896. The highest BCUT2D eigenvalue weighted by Gasteiger charge is 2.29. The van der Waals surface area contributed by atoms with Gasteiger partial charge in [-0.1, -0.05) is 0 Å². The molecule has 0 saturated heterocycles. The van der Waals surface area contributed by atoms with Crippen LogP contribution in [-0.4, -0.2) is 10.8 Å². The van der Waals surface area contributed by atoms with Gasteiger partial charge in [-0.05, 0) is 18.1 Å². The lowest BCUT2D eigenvalue weighted by atomic mass is 9.79. The van der Waals surface area contributed by atoms with E-state index >= 15 is 0 Å². The first-order valence-electron chi connectivity index (χ1n) is 3.90. The molecule has 0 bridgehead atoms. The molecular weight excluding hydrogens is 157 g/mol. The van der Waals surface area contributed by atoms with Crippen LogP contribution in [0, 0.1) is 5.82 Å². The Bertz CT molecular complexity index is 324. The van der Waals surface area contributed by atoms with Gasteiger partial charge in [-0.25, -0.2) is 4.39 Å². The predicted octanol–water partition coefficient (Wildman–Crippen LogP) is 1.67. The summed E-state index contributed by atoms with van der Waals surface area (Å²) in [4.78, 5) is 14.7. The quantitative estimate of drug-likeness (QED) is 0.633. The average Bonchev–Trinajstić information content (AvgIpc) is 2.02. The van der Waals surface area contributed by atoms with Crippen LogP contribution < -0.4 is 0 Å². The third-order valence-corrected chi connectivity index (χ3v) is 2.20. The molecule has 0 spiro atoms. The van der Waals surface area contributed by atoms with Crippen LogP contribution in [0.5, 0.6) is 0 Å². The maximum Gasteiger partial charge on any atom is 0.141 e.